The molecule has 1 atom stereocenters. The first kappa shape index (κ1) is 19.8. The van der Waals surface area contributed by atoms with E-state index in [0.29, 0.717) is 18.5 Å². The minimum absolute atomic E-state index is 0.349. The van der Waals surface area contributed by atoms with E-state index in [9.17, 15) is 13.3 Å². The predicted molar refractivity (Wildman–Crippen MR) is 109 cm³/mol. The van der Waals surface area contributed by atoms with Gasteiger partial charge in [0.1, 0.15) is 16.4 Å². The third-order valence-corrected chi connectivity index (χ3v) is 5.93. The summed E-state index contributed by atoms with van der Waals surface area (Å²) in [6.45, 7) is 6.24. The van der Waals surface area contributed by atoms with E-state index in [2.05, 4.69) is 4.72 Å². The van der Waals surface area contributed by atoms with Crippen LogP contribution in [0.1, 0.15) is 26.3 Å². The van der Waals surface area contributed by atoms with Crippen molar-refractivity contribution in [3.63, 3.8) is 0 Å². The fraction of sp³-hybridized carbons (Fsp3) is 0.273. The van der Waals surface area contributed by atoms with Crippen molar-refractivity contribution < 1.29 is 13.3 Å². The molecule has 3 rings (SSSR count). The number of hydrogen-bond donors (Lipinski definition) is 1. The van der Waals surface area contributed by atoms with E-state index >= 15 is 0 Å². The van der Waals surface area contributed by atoms with Gasteiger partial charge in [-0.1, -0.05) is 36.4 Å². The molecule has 0 aliphatic carbocycles. The number of halogens is 2. The summed E-state index contributed by atoms with van der Waals surface area (Å²) in [4.78, 5) is 0. The summed E-state index contributed by atoms with van der Waals surface area (Å²) in [6.07, 6.45) is 0.597. The van der Waals surface area contributed by atoms with Crippen LogP contribution in [0.4, 0.5) is 8.78 Å². The average molecular weight is 387 g/mol. The van der Waals surface area contributed by atoms with Crippen LogP contribution in [0.3, 0.4) is 0 Å². The van der Waals surface area contributed by atoms with Crippen molar-refractivity contribution >= 4 is 22.1 Å². The van der Waals surface area contributed by atoms with Gasteiger partial charge in [0.2, 0.25) is 0 Å². The third kappa shape index (κ3) is 4.67. The molecule has 0 saturated heterocycles. The molecule has 0 aliphatic heterocycles. The summed E-state index contributed by atoms with van der Waals surface area (Å²) in [7, 11) is 0. The van der Waals surface area contributed by atoms with Crippen LogP contribution in [0.15, 0.2) is 54.6 Å². The second-order valence-corrected chi connectivity index (χ2v) is 9.56. The topological polar surface area (TPSA) is 35.1 Å². The van der Waals surface area contributed by atoms with E-state index in [1.807, 2.05) is 57.2 Å². The van der Waals surface area contributed by atoms with Crippen LogP contribution in [-0.4, -0.2) is 15.8 Å². The van der Waals surface area contributed by atoms with Gasteiger partial charge in [0, 0.05) is 24.0 Å². The summed E-state index contributed by atoms with van der Waals surface area (Å²) in [5, 5.41) is 1.95. The highest BCUT2D eigenvalue weighted by atomic mass is 32.2. The Labute approximate surface area is 161 Å². The maximum absolute atomic E-state index is 13.8. The van der Waals surface area contributed by atoms with E-state index in [-0.39, 0.29) is 4.75 Å². The Kier molecular flexibility index (Phi) is 5.84. The Balaban J connectivity index is 2.00. The Morgan fingerprint density at radius 2 is 1.63 bits per heavy atom. The lowest BCUT2D eigenvalue weighted by molar-refractivity contribution is 0.544. The number of benzene rings is 3. The summed E-state index contributed by atoms with van der Waals surface area (Å²) in [5.74, 6) is -1.20. The lowest BCUT2D eigenvalue weighted by atomic mass is 9.92. The van der Waals surface area contributed by atoms with Crippen molar-refractivity contribution in [2.24, 2.45) is 0 Å². The minimum Gasteiger partial charge on any atom is -0.598 e. The van der Waals surface area contributed by atoms with Crippen molar-refractivity contribution in [1.82, 2.24) is 4.72 Å². The number of fused-ring (bicyclic) bond motifs is 1. The first-order valence-corrected chi connectivity index (χ1v) is 10.0. The second kappa shape index (κ2) is 7.97. The Morgan fingerprint density at radius 3 is 2.30 bits per heavy atom. The molecule has 0 aromatic heterocycles. The smallest absolute Gasteiger partial charge is 0.136 e. The van der Waals surface area contributed by atoms with Gasteiger partial charge < -0.3 is 4.55 Å². The molecule has 27 heavy (non-hydrogen) atoms. The quantitative estimate of drug-likeness (QED) is 0.597. The first-order valence-electron chi connectivity index (χ1n) is 8.88. The Bertz CT molecular complexity index is 932. The van der Waals surface area contributed by atoms with Crippen molar-refractivity contribution in [1.29, 1.82) is 0 Å². The van der Waals surface area contributed by atoms with E-state index in [4.69, 9.17) is 0 Å². The third-order valence-electron chi connectivity index (χ3n) is 4.35. The van der Waals surface area contributed by atoms with E-state index in [1.54, 1.807) is 0 Å². The van der Waals surface area contributed by atoms with Crippen molar-refractivity contribution in [2.75, 3.05) is 6.54 Å². The summed E-state index contributed by atoms with van der Waals surface area (Å²) in [5.41, 5.74) is 2.28. The molecule has 0 fully saturated rings. The van der Waals surface area contributed by atoms with Gasteiger partial charge in [0.15, 0.2) is 0 Å². The van der Waals surface area contributed by atoms with Crippen LogP contribution in [0.2, 0.25) is 0 Å². The normalized spacial score (nSPS) is 13.1. The second-order valence-electron chi connectivity index (χ2n) is 7.50. The minimum atomic E-state index is -1.17. The molecule has 1 N–H and O–H groups in total. The Morgan fingerprint density at radius 1 is 0.963 bits per heavy atom. The maximum atomic E-state index is 13.8. The monoisotopic (exact) mass is 387 g/mol. The molecule has 0 spiro atoms. The fourth-order valence-corrected chi connectivity index (χ4v) is 3.78. The average Bonchev–Trinajstić information content (AvgIpc) is 2.59. The van der Waals surface area contributed by atoms with Gasteiger partial charge >= 0.3 is 0 Å². The molecule has 0 aliphatic rings. The maximum Gasteiger partial charge on any atom is 0.136 e. The molecule has 0 bridgehead atoms. The summed E-state index contributed by atoms with van der Waals surface area (Å²) in [6, 6.07) is 15.4. The van der Waals surface area contributed by atoms with E-state index < -0.39 is 23.0 Å². The molecule has 3 aromatic carbocycles. The van der Waals surface area contributed by atoms with Crippen LogP contribution in [0.5, 0.6) is 0 Å². The predicted octanol–water partition coefficient (Wildman–Crippen LogP) is 5.38. The molecule has 3 aromatic rings. The lowest BCUT2D eigenvalue weighted by Gasteiger charge is -2.24. The van der Waals surface area contributed by atoms with Gasteiger partial charge in [-0.2, -0.15) is 0 Å². The van der Waals surface area contributed by atoms with Crippen LogP contribution >= 0.6 is 0 Å². The first-order chi connectivity index (χ1) is 12.8. The van der Waals surface area contributed by atoms with Gasteiger partial charge in [0.05, 0.1) is 0 Å². The van der Waals surface area contributed by atoms with Gasteiger partial charge in [-0.3, -0.25) is 0 Å². The van der Waals surface area contributed by atoms with Crippen molar-refractivity contribution in [3.05, 3.63) is 71.8 Å². The van der Waals surface area contributed by atoms with Gasteiger partial charge in [-0.25, -0.2) is 8.78 Å². The van der Waals surface area contributed by atoms with E-state index in [0.717, 1.165) is 28.0 Å². The fourth-order valence-electron chi connectivity index (χ4n) is 3.06. The highest BCUT2D eigenvalue weighted by Gasteiger charge is 2.26. The van der Waals surface area contributed by atoms with Crippen LogP contribution in [0, 0.1) is 11.6 Å². The van der Waals surface area contributed by atoms with Gasteiger partial charge in [0.25, 0.3) is 0 Å². The Hall–Kier alpha value is -1.95. The number of nitrogens with one attached hydrogen (secondary N) is 1. The molecular formula is C22H23F2NOS. The SMILES string of the molecule is CC(C)(C)[S+]([O-])NCCc1ccc2ccccc2c1-c1cc(F)cc(F)c1. The summed E-state index contributed by atoms with van der Waals surface area (Å²) < 4.78 is 42.6. The van der Waals surface area contributed by atoms with Gasteiger partial charge in [-0.05, 0) is 66.8 Å². The zero-order valence-corrected chi connectivity index (χ0v) is 16.5. The molecule has 0 heterocycles. The van der Waals surface area contributed by atoms with Crippen molar-refractivity contribution in [2.45, 2.75) is 31.9 Å². The molecule has 142 valence electrons. The number of rotatable bonds is 5. The standard InChI is InChI=1S/C22H23F2NOS/c1-22(2,3)27(26)25-11-10-16-9-8-15-6-4-5-7-20(15)21(16)17-12-18(23)14-19(24)13-17/h4-9,12-14,25H,10-11H2,1-3H3. The largest absolute Gasteiger partial charge is 0.598 e. The molecule has 2 nitrogen and oxygen atoms in total. The van der Waals surface area contributed by atoms with Crippen LogP contribution < -0.4 is 4.72 Å². The lowest BCUT2D eigenvalue weighted by Crippen LogP contribution is -2.40. The molecule has 1 unspecified atom stereocenters. The molecular weight excluding hydrogens is 364 g/mol. The molecule has 5 heteroatoms. The molecule has 0 saturated carbocycles. The molecule has 0 radical (unpaired) electrons. The zero-order chi connectivity index (χ0) is 19.6. The van der Waals surface area contributed by atoms with E-state index in [1.165, 1.54) is 12.1 Å². The van der Waals surface area contributed by atoms with Crippen LogP contribution in [-0.2, 0) is 17.8 Å². The zero-order valence-electron chi connectivity index (χ0n) is 15.7. The van der Waals surface area contributed by atoms with Crippen LogP contribution in [0.25, 0.3) is 21.9 Å². The van der Waals surface area contributed by atoms with Gasteiger partial charge in [-0.15, -0.1) is 4.72 Å². The highest BCUT2D eigenvalue weighted by Crippen LogP contribution is 2.33. The number of hydrogen-bond acceptors (Lipinski definition) is 2. The summed E-state index contributed by atoms with van der Waals surface area (Å²) >= 11 is -1.17. The molecule has 0 amide bonds. The highest BCUT2D eigenvalue weighted by molar-refractivity contribution is 7.90. The van der Waals surface area contributed by atoms with Crippen molar-refractivity contribution in [3.8, 4) is 11.1 Å².